The summed E-state index contributed by atoms with van der Waals surface area (Å²) in [6.45, 7) is 1.47. The van der Waals surface area contributed by atoms with Gasteiger partial charge in [-0.15, -0.1) is 0 Å². The Bertz CT molecular complexity index is 1090. The highest BCUT2D eigenvalue weighted by molar-refractivity contribution is 7.88. The van der Waals surface area contributed by atoms with Crippen LogP contribution in [0.15, 0.2) is 73.3 Å². The molecule has 0 unspecified atom stereocenters. The van der Waals surface area contributed by atoms with Crippen LogP contribution in [0.3, 0.4) is 0 Å². The van der Waals surface area contributed by atoms with Crippen molar-refractivity contribution in [3.8, 4) is 0 Å². The molecule has 1 aromatic heterocycles. The predicted octanol–water partition coefficient (Wildman–Crippen LogP) is 3.11. The third kappa shape index (κ3) is 5.59. The molecule has 3 aromatic rings. The van der Waals surface area contributed by atoms with E-state index in [0.29, 0.717) is 25.9 Å². The topological polar surface area (TPSA) is 84.3 Å². The van der Waals surface area contributed by atoms with Crippen molar-refractivity contribution in [3.05, 3.63) is 84.4 Å². The van der Waals surface area contributed by atoms with Gasteiger partial charge >= 0.3 is 0 Å². The van der Waals surface area contributed by atoms with E-state index in [1.165, 1.54) is 4.31 Å². The lowest BCUT2D eigenvalue weighted by Gasteiger charge is -2.30. The van der Waals surface area contributed by atoms with Gasteiger partial charge in [-0.3, -0.25) is 4.79 Å². The molecule has 31 heavy (non-hydrogen) atoms. The molecule has 0 atom stereocenters. The summed E-state index contributed by atoms with van der Waals surface area (Å²) < 4.78 is 28.9. The Kier molecular flexibility index (Phi) is 6.48. The average molecular weight is 439 g/mol. The standard InChI is InChI=1S/C23H26N4O3S/c28-23(25-22-8-6-19(7-9-22)16-26-15-12-24-18-26)21-10-13-27(14-11-21)31(29,30)17-20-4-2-1-3-5-20/h1-9,12,15,18,21H,10-11,13-14,16-17H2,(H,25,28). The van der Waals surface area contributed by atoms with E-state index in [0.717, 1.165) is 23.4 Å². The number of benzene rings is 2. The molecule has 0 bridgehead atoms. The van der Waals surface area contributed by atoms with E-state index in [4.69, 9.17) is 0 Å². The smallest absolute Gasteiger partial charge is 0.227 e. The fourth-order valence-electron chi connectivity index (χ4n) is 3.80. The number of nitrogens with zero attached hydrogens (tertiary/aromatic N) is 3. The van der Waals surface area contributed by atoms with Crippen LogP contribution in [-0.2, 0) is 27.1 Å². The van der Waals surface area contributed by atoms with Gasteiger partial charge in [-0.25, -0.2) is 17.7 Å². The molecule has 1 fully saturated rings. The summed E-state index contributed by atoms with van der Waals surface area (Å²) in [6.07, 6.45) is 6.47. The normalized spacial score (nSPS) is 15.6. The molecule has 1 N–H and O–H groups in total. The zero-order chi connectivity index (χ0) is 21.7. The Morgan fingerprint density at radius 3 is 2.35 bits per heavy atom. The first kappa shape index (κ1) is 21.3. The van der Waals surface area contributed by atoms with Gasteiger partial charge in [0, 0.05) is 43.6 Å². The average Bonchev–Trinajstić information content (AvgIpc) is 3.29. The van der Waals surface area contributed by atoms with Crippen molar-refractivity contribution in [2.24, 2.45) is 5.92 Å². The number of amides is 1. The molecule has 2 heterocycles. The van der Waals surface area contributed by atoms with E-state index in [-0.39, 0.29) is 17.6 Å². The Balaban J connectivity index is 1.28. The highest BCUT2D eigenvalue weighted by Crippen LogP contribution is 2.23. The molecule has 4 rings (SSSR count). The minimum absolute atomic E-state index is 0.00384. The number of anilines is 1. The van der Waals surface area contributed by atoms with E-state index in [1.54, 1.807) is 12.5 Å². The number of nitrogens with one attached hydrogen (secondary N) is 1. The zero-order valence-corrected chi connectivity index (χ0v) is 18.0. The van der Waals surface area contributed by atoms with Crippen LogP contribution in [-0.4, -0.2) is 41.3 Å². The molecule has 1 aliphatic heterocycles. The summed E-state index contributed by atoms with van der Waals surface area (Å²) in [5, 5.41) is 2.97. The number of sulfonamides is 1. The summed E-state index contributed by atoms with van der Waals surface area (Å²) >= 11 is 0. The maximum Gasteiger partial charge on any atom is 0.227 e. The van der Waals surface area contributed by atoms with Crippen LogP contribution in [0.25, 0.3) is 0 Å². The van der Waals surface area contributed by atoms with Crippen LogP contribution in [0.5, 0.6) is 0 Å². The lowest BCUT2D eigenvalue weighted by atomic mass is 9.97. The first-order valence-corrected chi connectivity index (χ1v) is 12.0. The maximum atomic E-state index is 12.7. The van der Waals surface area contributed by atoms with E-state index in [2.05, 4.69) is 10.3 Å². The van der Waals surface area contributed by atoms with E-state index >= 15 is 0 Å². The van der Waals surface area contributed by atoms with E-state index in [1.807, 2.05) is 65.4 Å². The Morgan fingerprint density at radius 2 is 1.71 bits per heavy atom. The van der Waals surface area contributed by atoms with Crippen LogP contribution in [0.1, 0.15) is 24.0 Å². The molecule has 1 saturated heterocycles. The van der Waals surface area contributed by atoms with Gasteiger partial charge in [0.15, 0.2) is 0 Å². The van der Waals surface area contributed by atoms with Gasteiger partial charge in [-0.1, -0.05) is 42.5 Å². The van der Waals surface area contributed by atoms with Crippen LogP contribution in [0, 0.1) is 5.92 Å². The van der Waals surface area contributed by atoms with Crippen molar-refractivity contribution >= 4 is 21.6 Å². The second-order valence-electron chi connectivity index (χ2n) is 7.84. The van der Waals surface area contributed by atoms with Gasteiger partial charge in [-0.2, -0.15) is 0 Å². The summed E-state index contributed by atoms with van der Waals surface area (Å²) in [7, 11) is -3.38. The van der Waals surface area contributed by atoms with Gasteiger partial charge in [-0.05, 0) is 36.1 Å². The predicted molar refractivity (Wildman–Crippen MR) is 120 cm³/mol. The number of hydrogen-bond acceptors (Lipinski definition) is 4. The van der Waals surface area contributed by atoms with Crippen LogP contribution < -0.4 is 5.32 Å². The van der Waals surface area contributed by atoms with E-state index < -0.39 is 10.0 Å². The largest absolute Gasteiger partial charge is 0.333 e. The summed E-state index contributed by atoms with van der Waals surface area (Å²) in [6, 6.07) is 16.9. The SMILES string of the molecule is O=C(Nc1ccc(Cn2ccnc2)cc1)C1CCN(S(=O)(=O)Cc2ccccc2)CC1. The maximum absolute atomic E-state index is 12.7. The zero-order valence-electron chi connectivity index (χ0n) is 17.2. The minimum Gasteiger partial charge on any atom is -0.333 e. The molecular formula is C23H26N4O3S. The Morgan fingerprint density at radius 1 is 1.00 bits per heavy atom. The number of carbonyl (C=O) groups is 1. The first-order chi connectivity index (χ1) is 15.0. The number of carbonyl (C=O) groups excluding carboxylic acids is 1. The molecule has 1 amide bonds. The molecule has 2 aromatic carbocycles. The second-order valence-corrected chi connectivity index (χ2v) is 9.81. The van der Waals surface area contributed by atoms with Crippen LogP contribution in [0.4, 0.5) is 5.69 Å². The number of imidazole rings is 1. The Labute approximate surface area is 182 Å². The summed E-state index contributed by atoms with van der Waals surface area (Å²) in [5.41, 5.74) is 2.64. The number of aromatic nitrogens is 2. The van der Waals surface area contributed by atoms with Gasteiger partial charge < -0.3 is 9.88 Å². The van der Waals surface area contributed by atoms with Gasteiger partial charge in [0.05, 0.1) is 12.1 Å². The monoisotopic (exact) mass is 438 g/mol. The third-order valence-corrected chi connectivity index (χ3v) is 7.41. The van der Waals surface area contributed by atoms with E-state index in [9.17, 15) is 13.2 Å². The van der Waals surface area contributed by atoms with Crippen LogP contribution >= 0.6 is 0 Å². The molecule has 0 saturated carbocycles. The molecule has 7 nitrogen and oxygen atoms in total. The van der Waals surface area contributed by atoms with Crippen LogP contribution in [0.2, 0.25) is 0 Å². The number of rotatable bonds is 7. The lowest BCUT2D eigenvalue weighted by molar-refractivity contribution is -0.120. The lowest BCUT2D eigenvalue weighted by Crippen LogP contribution is -2.41. The van der Waals surface area contributed by atoms with Gasteiger partial charge in [0.25, 0.3) is 0 Å². The van der Waals surface area contributed by atoms with Crippen molar-refractivity contribution < 1.29 is 13.2 Å². The van der Waals surface area contributed by atoms with Crippen molar-refractivity contribution in [2.45, 2.75) is 25.1 Å². The molecule has 0 radical (unpaired) electrons. The highest BCUT2D eigenvalue weighted by Gasteiger charge is 2.31. The summed E-state index contributed by atoms with van der Waals surface area (Å²) in [5.74, 6) is -0.243. The Hall–Kier alpha value is -2.97. The molecule has 1 aliphatic rings. The minimum atomic E-state index is -3.38. The van der Waals surface area contributed by atoms with Crippen molar-refractivity contribution in [2.75, 3.05) is 18.4 Å². The van der Waals surface area contributed by atoms with Crippen molar-refractivity contribution in [1.29, 1.82) is 0 Å². The molecule has 0 aliphatic carbocycles. The summed E-state index contributed by atoms with van der Waals surface area (Å²) in [4.78, 5) is 16.7. The van der Waals surface area contributed by atoms with Gasteiger partial charge in [0.2, 0.25) is 15.9 Å². The molecular weight excluding hydrogens is 412 g/mol. The number of piperidine rings is 1. The first-order valence-electron chi connectivity index (χ1n) is 10.4. The number of hydrogen-bond donors (Lipinski definition) is 1. The van der Waals surface area contributed by atoms with Crippen molar-refractivity contribution in [3.63, 3.8) is 0 Å². The molecule has 162 valence electrons. The molecule has 8 heteroatoms. The highest BCUT2D eigenvalue weighted by atomic mass is 32.2. The fourth-order valence-corrected chi connectivity index (χ4v) is 5.36. The third-order valence-electron chi connectivity index (χ3n) is 5.56. The quantitative estimate of drug-likeness (QED) is 0.614. The fraction of sp³-hybridized carbons (Fsp3) is 0.304. The van der Waals surface area contributed by atoms with Crippen molar-refractivity contribution in [1.82, 2.24) is 13.9 Å². The van der Waals surface area contributed by atoms with Gasteiger partial charge in [0.1, 0.15) is 0 Å². The second kappa shape index (κ2) is 9.45. The molecule has 0 spiro atoms.